The fourth-order valence-corrected chi connectivity index (χ4v) is 2.56. The van der Waals surface area contributed by atoms with E-state index in [2.05, 4.69) is 13.8 Å². The highest BCUT2D eigenvalue weighted by molar-refractivity contribution is 6.31. The van der Waals surface area contributed by atoms with E-state index in [1.165, 1.54) is 12.1 Å². The van der Waals surface area contributed by atoms with Crippen molar-refractivity contribution in [3.63, 3.8) is 0 Å². The SMILES string of the molecule is Cc1cc(Cl)c(C(C)C)cc1OCc1ccc(F)cc1N. The summed E-state index contributed by atoms with van der Waals surface area (Å²) in [6.45, 7) is 6.40. The van der Waals surface area contributed by atoms with Gasteiger partial charge in [-0.15, -0.1) is 0 Å². The zero-order valence-corrected chi connectivity index (χ0v) is 13.2. The number of halogens is 2. The first-order valence-corrected chi connectivity index (χ1v) is 7.23. The van der Waals surface area contributed by atoms with Gasteiger partial charge in [0.1, 0.15) is 18.2 Å². The lowest BCUT2D eigenvalue weighted by molar-refractivity contribution is 0.304. The van der Waals surface area contributed by atoms with Gasteiger partial charge in [0.25, 0.3) is 0 Å². The van der Waals surface area contributed by atoms with Crippen molar-refractivity contribution in [2.45, 2.75) is 33.3 Å². The van der Waals surface area contributed by atoms with Crippen LogP contribution < -0.4 is 10.5 Å². The van der Waals surface area contributed by atoms with E-state index < -0.39 is 0 Å². The number of anilines is 1. The highest BCUT2D eigenvalue weighted by Crippen LogP contribution is 2.32. The van der Waals surface area contributed by atoms with Gasteiger partial charge in [-0.3, -0.25) is 0 Å². The molecule has 21 heavy (non-hydrogen) atoms. The van der Waals surface area contributed by atoms with Crippen LogP contribution in [-0.2, 0) is 6.61 Å². The van der Waals surface area contributed by atoms with Gasteiger partial charge in [0.2, 0.25) is 0 Å². The maximum atomic E-state index is 13.0. The first-order chi connectivity index (χ1) is 9.88. The summed E-state index contributed by atoms with van der Waals surface area (Å²) >= 11 is 6.24. The summed E-state index contributed by atoms with van der Waals surface area (Å²) in [5.74, 6) is 0.740. The third-order valence-corrected chi connectivity index (χ3v) is 3.73. The lowest BCUT2D eigenvalue weighted by Gasteiger charge is -2.15. The molecule has 0 radical (unpaired) electrons. The van der Waals surface area contributed by atoms with E-state index in [0.717, 1.165) is 27.5 Å². The Hall–Kier alpha value is -1.74. The van der Waals surface area contributed by atoms with Gasteiger partial charge in [0, 0.05) is 16.3 Å². The minimum absolute atomic E-state index is 0.298. The van der Waals surface area contributed by atoms with Crippen LogP contribution in [0.15, 0.2) is 30.3 Å². The third kappa shape index (κ3) is 3.67. The Morgan fingerprint density at radius 3 is 2.57 bits per heavy atom. The van der Waals surface area contributed by atoms with E-state index in [1.807, 2.05) is 19.1 Å². The molecular formula is C17H19ClFNO. The maximum Gasteiger partial charge on any atom is 0.125 e. The summed E-state index contributed by atoms with van der Waals surface area (Å²) in [6.07, 6.45) is 0. The number of rotatable bonds is 4. The summed E-state index contributed by atoms with van der Waals surface area (Å²) in [6, 6.07) is 8.18. The summed E-state index contributed by atoms with van der Waals surface area (Å²) < 4.78 is 18.9. The maximum absolute atomic E-state index is 13.0. The number of aryl methyl sites for hydroxylation is 1. The van der Waals surface area contributed by atoms with E-state index in [0.29, 0.717) is 18.2 Å². The topological polar surface area (TPSA) is 35.2 Å². The van der Waals surface area contributed by atoms with Crippen molar-refractivity contribution in [1.29, 1.82) is 0 Å². The van der Waals surface area contributed by atoms with Gasteiger partial charge >= 0.3 is 0 Å². The molecule has 112 valence electrons. The van der Waals surface area contributed by atoms with Crippen LogP contribution in [0.4, 0.5) is 10.1 Å². The van der Waals surface area contributed by atoms with Crippen LogP contribution in [0.5, 0.6) is 5.75 Å². The standard InChI is InChI=1S/C17H19ClFNO/c1-10(2)14-8-17(11(3)6-15(14)18)21-9-12-4-5-13(19)7-16(12)20/h4-8,10H,9,20H2,1-3H3. The molecule has 2 aromatic carbocycles. The van der Waals surface area contributed by atoms with Crippen molar-refractivity contribution in [2.75, 3.05) is 5.73 Å². The zero-order chi connectivity index (χ0) is 15.6. The highest BCUT2D eigenvalue weighted by atomic mass is 35.5. The second-order valence-electron chi connectivity index (χ2n) is 5.43. The Morgan fingerprint density at radius 2 is 1.95 bits per heavy atom. The molecule has 2 N–H and O–H groups in total. The van der Waals surface area contributed by atoms with Crippen LogP contribution >= 0.6 is 11.6 Å². The number of nitrogen functional groups attached to an aromatic ring is 1. The molecule has 0 aromatic heterocycles. The second-order valence-corrected chi connectivity index (χ2v) is 5.83. The van der Waals surface area contributed by atoms with E-state index in [1.54, 1.807) is 6.07 Å². The van der Waals surface area contributed by atoms with Crippen molar-refractivity contribution >= 4 is 17.3 Å². The Balaban J connectivity index is 2.21. The van der Waals surface area contributed by atoms with E-state index in [9.17, 15) is 4.39 Å². The fourth-order valence-electron chi connectivity index (χ4n) is 2.12. The molecule has 0 aliphatic rings. The van der Waals surface area contributed by atoms with Crippen LogP contribution in [0, 0.1) is 12.7 Å². The van der Waals surface area contributed by atoms with Crippen LogP contribution in [0.1, 0.15) is 36.5 Å². The number of hydrogen-bond donors (Lipinski definition) is 1. The van der Waals surface area contributed by atoms with Gasteiger partial charge in [0.15, 0.2) is 0 Å². The van der Waals surface area contributed by atoms with Gasteiger partial charge in [-0.25, -0.2) is 4.39 Å². The average Bonchev–Trinajstić information content (AvgIpc) is 2.39. The van der Waals surface area contributed by atoms with Crippen molar-refractivity contribution in [3.8, 4) is 5.75 Å². The molecule has 0 spiro atoms. The Morgan fingerprint density at radius 1 is 1.24 bits per heavy atom. The highest BCUT2D eigenvalue weighted by Gasteiger charge is 2.11. The first kappa shape index (κ1) is 15.6. The number of ether oxygens (including phenoxy) is 1. The molecule has 2 rings (SSSR count). The molecule has 2 aromatic rings. The van der Waals surface area contributed by atoms with Gasteiger partial charge < -0.3 is 10.5 Å². The second kappa shape index (κ2) is 6.35. The number of benzene rings is 2. The third-order valence-electron chi connectivity index (χ3n) is 3.41. The molecule has 4 heteroatoms. The summed E-state index contributed by atoms with van der Waals surface area (Å²) in [5, 5.41) is 0.746. The lowest BCUT2D eigenvalue weighted by atomic mass is 10.0. The van der Waals surface area contributed by atoms with Crippen LogP contribution in [0.2, 0.25) is 5.02 Å². The van der Waals surface area contributed by atoms with Crippen LogP contribution in [-0.4, -0.2) is 0 Å². The Bertz CT molecular complexity index is 655. The average molecular weight is 308 g/mol. The molecular weight excluding hydrogens is 289 g/mol. The van der Waals surface area contributed by atoms with E-state index in [4.69, 9.17) is 22.1 Å². The summed E-state index contributed by atoms with van der Waals surface area (Å²) in [4.78, 5) is 0. The van der Waals surface area contributed by atoms with Gasteiger partial charge in [-0.2, -0.15) is 0 Å². The Kier molecular flexibility index (Phi) is 4.73. The minimum atomic E-state index is -0.346. The molecule has 0 heterocycles. The predicted molar refractivity (Wildman–Crippen MR) is 85.4 cm³/mol. The van der Waals surface area contributed by atoms with E-state index in [-0.39, 0.29) is 5.82 Å². The molecule has 0 bridgehead atoms. The van der Waals surface area contributed by atoms with Crippen molar-refractivity contribution in [2.24, 2.45) is 0 Å². The van der Waals surface area contributed by atoms with Crippen LogP contribution in [0.3, 0.4) is 0 Å². The van der Waals surface area contributed by atoms with Crippen molar-refractivity contribution < 1.29 is 9.13 Å². The molecule has 2 nitrogen and oxygen atoms in total. The van der Waals surface area contributed by atoms with E-state index >= 15 is 0 Å². The molecule has 0 saturated heterocycles. The molecule has 0 atom stereocenters. The zero-order valence-electron chi connectivity index (χ0n) is 12.4. The predicted octanol–water partition coefficient (Wildman–Crippen LogP) is 5.07. The van der Waals surface area contributed by atoms with Gasteiger partial charge in [0.05, 0.1) is 0 Å². The Labute approximate surface area is 129 Å². The number of nitrogens with two attached hydrogens (primary N) is 1. The molecule has 0 aliphatic carbocycles. The quantitative estimate of drug-likeness (QED) is 0.800. The van der Waals surface area contributed by atoms with Crippen molar-refractivity contribution in [1.82, 2.24) is 0 Å². The van der Waals surface area contributed by atoms with Crippen LogP contribution in [0.25, 0.3) is 0 Å². The normalized spacial score (nSPS) is 11.0. The molecule has 0 unspecified atom stereocenters. The molecule has 0 amide bonds. The summed E-state index contributed by atoms with van der Waals surface area (Å²) in [5.41, 5.74) is 8.95. The number of hydrogen-bond acceptors (Lipinski definition) is 2. The molecule has 0 saturated carbocycles. The lowest BCUT2D eigenvalue weighted by Crippen LogP contribution is -2.02. The first-order valence-electron chi connectivity index (χ1n) is 6.85. The summed E-state index contributed by atoms with van der Waals surface area (Å²) in [7, 11) is 0. The van der Waals surface area contributed by atoms with Gasteiger partial charge in [-0.05, 0) is 48.2 Å². The van der Waals surface area contributed by atoms with Gasteiger partial charge in [-0.1, -0.05) is 31.5 Å². The molecule has 0 fully saturated rings. The molecule has 0 aliphatic heterocycles. The van der Waals surface area contributed by atoms with Crippen molar-refractivity contribution in [3.05, 3.63) is 57.9 Å². The smallest absolute Gasteiger partial charge is 0.125 e. The minimum Gasteiger partial charge on any atom is -0.489 e. The largest absolute Gasteiger partial charge is 0.489 e. The fraction of sp³-hybridized carbons (Fsp3) is 0.294. The monoisotopic (exact) mass is 307 g/mol.